The summed E-state index contributed by atoms with van der Waals surface area (Å²) in [6, 6.07) is 30.9. The Labute approximate surface area is 401 Å². The molecule has 2 atom stereocenters. The number of alkyl halides is 2. The highest BCUT2D eigenvalue weighted by Gasteiger charge is 2.38. The van der Waals surface area contributed by atoms with Crippen LogP contribution in [0.4, 0.5) is 16.2 Å². The van der Waals surface area contributed by atoms with Crippen molar-refractivity contribution >= 4 is 107 Å². The van der Waals surface area contributed by atoms with Crippen LogP contribution in [0.15, 0.2) is 103 Å². The summed E-state index contributed by atoms with van der Waals surface area (Å²) in [5.74, 6) is -0.308. The normalized spacial score (nSPS) is 15.4. The largest absolute Gasteiger partial charge is 0.507 e. The molecular formula is C54H48Cl2N4O8. The molecule has 8 aromatic rings. The summed E-state index contributed by atoms with van der Waals surface area (Å²) >= 11 is 12.6. The fraction of sp³-hybridized carbons (Fsp3) is 0.241. The van der Waals surface area contributed by atoms with Crippen molar-refractivity contribution in [3.63, 3.8) is 0 Å². The van der Waals surface area contributed by atoms with E-state index < -0.39 is 11.7 Å². The second kappa shape index (κ2) is 17.8. The number of aromatic hydroxyl groups is 2. The smallest absolute Gasteiger partial charge is 0.414 e. The molecule has 0 saturated heterocycles. The molecule has 0 bridgehead atoms. The molecule has 2 aliphatic rings. The third-order valence-corrected chi connectivity index (χ3v) is 13.4. The zero-order valence-corrected chi connectivity index (χ0v) is 39.5. The van der Waals surface area contributed by atoms with Gasteiger partial charge in [-0.15, -0.1) is 23.2 Å². The van der Waals surface area contributed by atoms with Crippen LogP contribution >= 0.6 is 23.2 Å². The number of H-pyrrole nitrogens is 2. The monoisotopic (exact) mass is 950 g/mol. The molecule has 2 aliphatic heterocycles. The van der Waals surface area contributed by atoms with Crippen molar-refractivity contribution in [2.75, 3.05) is 34.6 Å². The van der Waals surface area contributed by atoms with Gasteiger partial charge >= 0.3 is 6.09 Å². The standard InChI is InChI=1S/C34H26ClN3O4.C20H22ClNO4/c1-18(39)23-6-4-7-24-32-22(16-35)17-38(29(32)15-31(41)33(23)24)34(42)28-14-21-11-19(9-10-26(21)37-28)12-30(40)27-13-20-5-2-3-8-25(20)36-27;1-11(23)13-6-5-7-14-17-12(9-21)10-22(19(25)26-20(2,3)4)15(17)8-16(24)18(13)14/h2-11,13-15,22,36-37,41H,12,16-17H2,1H3;5-8,12,24H,9-10H2,1-4H3. The summed E-state index contributed by atoms with van der Waals surface area (Å²) < 4.78 is 5.49. The highest BCUT2D eigenvalue weighted by molar-refractivity contribution is 6.21. The van der Waals surface area contributed by atoms with E-state index in [0.717, 1.165) is 49.3 Å². The third-order valence-electron chi connectivity index (χ3n) is 12.6. The van der Waals surface area contributed by atoms with Crippen LogP contribution in [0.2, 0.25) is 0 Å². The summed E-state index contributed by atoms with van der Waals surface area (Å²) in [5.41, 5.74) is 6.63. The topological polar surface area (TPSA) is 173 Å². The van der Waals surface area contributed by atoms with Gasteiger partial charge in [0.1, 0.15) is 22.8 Å². The molecule has 0 saturated carbocycles. The first-order chi connectivity index (χ1) is 32.5. The predicted molar refractivity (Wildman–Crippen MR) is 268 cm³/mol. The number of ether oxygens (including phenoxy) is 1. The number of aromatic nitrogens is 2. The minimum Gasteiger partial charge on any atom is -0.507 e. The van der Waals surface area contributed by atoms with Gasteiger partial charge in [-0.2, -0.15) is 0 Å². The quantitative estimate of drug-likeness (QED) is 0.0860. The van der Waals surface area contributed by atoms with Gasteiger partial charge in [-0.25, -0.2) is 4.79 Å². The Balaban J connectivity index is 0.000000191. The van der Waals surface area contributed by atoms with E-state index in [2.05, 4.69) is 9.97 Å². The molecule has 0 aliphatic carbocycles. The number of ketones is 3. The van der Waals surface area contributed by atoms with Gasteiger partial charge in [-0.05, 0) is 92.4 Å². The number of amides is 2. The molecule has 0 radical (unpaired) electrons. The van der Waals surface area contributed by atoms with Crippen molar-refractivity contribution in [3.8, 4) is 11.5 Å². The van der Waals surface area contributed by atoms with Crippen LogP contribution in [0.1, 0.15) is 105 Å². The zero-order valence-electron chi connectivity index (χ0n) is 38.0. The number of phenols is 2. The van der Waals surface area contributed by atoms with Gasteiger partial charge in [-0.1, -0.05) is 60.7 Å². The van der Waals surface area contributed by atoms with Crippen LogP contribution in [0.25, 0.3) is 43.4 Å². The second-order valence-corrected chi connectivity index (χ2v) is 19.0. The average molecular weight is 952 g/mol. The number of fused-ring (bicyclic) bond motifs is 8. The number of rotatable bonds is 8. The van der Waals surface area contributed by atoms with E-state index in [-0.39, 0.29) is 58.9 Å². The van der Waals surface area contributed by atoms with E-state index in [1.54, 1.807) is 62.1 Å². The lowest BCUT2D eigenvalue weighted by Crippen LogP contribution is -2.36. The molecule has 4 N–H and O–H groups in total. The third kappa shape index (κ3) is 8.32. The molecule has 2 amide bonds. The van der Waals surface area contributed by atoms with Crippen LogP contribution in [0, 0.1) is 0 Å². The Morgan fingerprint density at radius 3 is 1.74 bits per heavy atom. The molecule has 0 fully saturated rings. The van der Waals surface area contributed by atoms with Gasteiger partial charge in [-0.3, -0.25) is 24.1 Å². The highest BCUT2D eigenvalue weighted by atomic mass is 35.5. The molecule has 2 unspecified atom stereocenters. The lowest BCUT2D eigenvalue weighted by Gasteiger charge is -2.25. The van der Waals surface area contributed by atoms with Gasteiger partial charge in [0.2, 0.25) is 0 Å². The van der Waals surface area contributed by atoms with Gasteiger partial charge in [0.05, 0.1) is 17.1 Å². The van der Waals surface area contributed by atoms with Gasteiger partial charge in [0, 0.05) is 98.9 Å². The molecule has 12 nitrogen and oxygen atoms in total. The summed E-state index contributed by atoms with van der Waals surface area (Å²) in [4.78, 5) is 73.3. The van der Waals surface area contributed by atoms with Crippen molar-refractivity contribution in [2.24, 2.45) is 0 Å². The fourth-order valence-corrected chi connectivity index (χ4v) is 10.1. The van der Waals surface area contributed by atoms with Crippen molar-refractivity contribution < 1.29 is 38.9 Å². The van der Waals surface area contributed by atoms with Crippen LogP contribution < -0.4 is 9.80 Å². The van der Waals surface area contributed by atoms with E-state index in [4.69, 9.17) is 27.9 Å². The number of nitrogens with zero attached hydrogens (tertiary/aromatic N) is 2. The maximum Gasteiger partial charge on any atom is 0.414 e. The number of carbonyl (C=O) groups excluding carboxylic acids is 5. The number of para-hydroxylation sites is 1. The van der Waals surface area contributed by atoms with E-state index in [1.807, 2.05) is 60.7 Å². The Morgan fingerprint density at radius 2 is 1.18 bits per heavy atom. The Bertz CT molecular complexity index is 3370. The first kappa shape index (κ1) is 46.0. The number of phenolic OH excluding ortho intramolecular Hbond substituents is 2. The molecule has 68 heavy (non-hydrogen) atoms. The molecule has 0 spiro atoms. The number of hydrogen-bond acceptors (Lipinski definition) is 8. The predicted octanol–water partition coefficient (Wildman–Crippen LogP) is 11.9. The lowest BCUT2D eigenvalue weighted by molar-refractivity contribution is 0.0581. The number of nitrogens with one attached hydrogen (secondary N) is 2. The number of Topliss-reactive ketones (excluding diaryl/α,β-unsaturated/α-hetero) is 3. The van der Waals surface area contributed by atoms with Crippen molar-refractivity contribution in [1.29, 1.82) is 0 Å². The molecule has 6 aromatic carbocycles. The summed E-state index contributed by atoms with van der Waals surface area (Å²) in [6.45, 7) is 9.06. The second-order valence-electron chi connectivity index (χ2n) is 18.4. The van der Waals surface area contributed by atoms with E-state index in [0.29, 0.717) is 63.6 Å². The molecular weight excluding hydrogens is 904 g/mol. The van der Waals surface area contributed by atoms with Gasteiger partial charge in [0.15, 0.2) is 17.3 Å². The Hall–Kier alpha value is -7.15. The minimum absolute atomic E-state index is 0.0156. The Morgan fingerprint density at radius 1 is 0.647 bits per heavy atom. The molecule has 4 heterocycles. The first-order valence-corrected chi connectivity index (χ1v) is 23.3. The zero-order chi connectivity index (χ0) is 48.3. The van der Waals surface area contributed by atoms with Crippen LogP contribution in [-0.4, -0.2) is 80.0 Å². The fourth-order valence-electron chi connectivity index (χ4n) is 9.64. The average Bonchev–Trinajstić information content (AvgIpc) is 4.11. The Kier molecular flexibility index (Phi) is 12.1. The van der Waals surface area contributed by atoms with Crippen LogP contribution in [0.3, 0.4) is 0 Å². The number of aromatic amines is 2. The van der Waals surface area contributed by atoms with Gasteiger partial charge < -0.3 is 29.8 Å². The minimum atomic E-state index is -0.628. The van der Waals surface area contributed by atoms with E-state index in [1.165, 1.54) is 24.8 Å². The highest BCUT2D eigenvalue weighted by Crippen LogP contribution is 2.48. The first-order valence-electron chi connectivity index (χ1n) is 22.2. The van der Waals surface area contributed by atoms with Crippen molar-refractivity contribution in [1.82, 2.24) is 9.97 Å². The summed E-state index contributed by atoms with van der Waals surface area (Å²) in [7, 11) is 0. The summed E-state index contributed by atoms with van der Waals surface area (Å²) in [5, 5.41) is 25.8. The molecule has 14 heteroatoms. The van der Waals surface area contributed by atoms with E-state index >= 15 is 0 Å². The molecule has 346 valence electrons. The number of carbonyl (C=O) groups is 5. The molecule has 2 aromatic heterocycles. The van der Waals surface area contributed by atoms with Crippen molar-refractivity contribution in [2.45, 2.75) is 58.5 Å². The summed E-state index contributed by atoms with van der Waals surface area (Å²) in [6.07, 6.45) is -0.254. The number of hydrogen-bond donors (Lipinski definition) is 4. The van der Waals surface area contributed by atoms with E-state index in [9.17, 15) is 34.2 Å². The SMILES string of the molecule is CC(=O)c1cccc2c3c(cc(O)c12)N(C(=O)OC(C)(C)C)CC3CCl.CC(=O)c1cccc2c3c(cc(O)c12)N(C(=O)c1cc2cc(CC(=O)c4cc5ccccc5[nH]4)ccc2[nH]1)CC3CCl. The maximum absolute atomic E-state index is 13.9. The number of anilines is 2. The van der Waals surface area contributed by atoms with Gasteiger partial charge in [0.25, 0.3) is 5.91 Å². The molecule has 10 rings (SSSR count). The lowest BCUT2D eigenvalue weighted by atomic mass is 9.92. The van der Waals surface area contributed by atoms with Crippen LogP contribution in [0.5, 0.6) is 11.5 Å². The number of benzene rings is 6. The number of halogens is 2. The maximum atomic E-state index is 13.9. The van der Waals surface area contributed by atoms with Crippen molar-refractivity contribution in [3.05, 3.63) is 142 Å². The van der Waals surface area contributed by atoms with Crippen LogP contribution in [-0.2, 0) is 11.2 Å².